The van der Waals surface area contributed by atoms with Crippen molar-refractivity contribution in [2.75, 3.05) is 0 Å². The molecule has 0 fully saturated rings. The van der Waals surface area contributed by atoms with Gasteiger partial charge in [0, 0.05) is 29.9 Å². The van der Waals surface area contributed by atoms with E-state index < -0.39 is 0 Å². The van der Waals surface area contributed by atoms with Crippen molar-refractivity contribution in [3.8, 4) is 28.8 Å². The minimum Gasteiger partial charge on any atom is -0.489 e. The van der Waals surface area contributed by atoms with Gasteiger partial charge in [0.2, 0.25) is 0 Å². The molecule has 0 saturated carbocycles. The van der Waals surface area contributed by atoms with Crippen molar-refractivity contribution < 1.29 is 9.13 Å². The first kappa shape index (κ1) is 24.8. The summed E-state index contributed by atoms with van der Waals surface area (Å²) in [6.45, 7) is 0.104. The fourth-order valence-electron chi connectivity index (χ4n) is 4.63. The van der Waals surface area contributed by atoms with E-state index in [1.165, 1.54) is 6.07 Å². The van der Waals surface area contributed by atoms with Gasteiger partial charge in [-0.25, -0.2) is 14.1 Å². The molecule has 0 aliphatic carbocycles. The van der Waals surface area contributed by atoms with E-state index in [1.807, 2.05) is 103 Å². The fourth-order valence-corrected chi connectivity index (χ4v) is 4.63. The van der Waals surface area contributed by atoms with E-state index in [0.29, 0.717) is 28.4 Å². The summed E-state index contributed by atoms with van der Waals surface area (Å²) in [7, 11) is 1.90. The van der Waals surface area contributed by atoms with Crippen molar-refractivity contribution in [3.63, 3.8) is 0 Å². The molecule has 6 nitrogen and oxygen atoms in total. The van der Waals surface area contributed by atoms with Crippen LogP contribution in [0.4, 0.5) is 4.39 Å². The largest absolute Gasteiger partial charge is 0.489 e. The number of aryl methyl sites for hydroxylation is 1. The molecule has 6 rings (SSSR count). The second-order valence-corrected chi connectivity index (χ2v) is 9.27. The zero-order valence-electron chi connectivity index (χ0n) is 21.7. The SMILES string of the molecule is Cn1c(/C(C#N)=C\c2cn(-c3ccccc3)nc2-c2cccc(OCc3ccccc3F)c2)nc2ccccc21. The van der Waals surface area contributed by atoms with Crippen LogP contribution in [-0.2, 0) is 13.7 Å². The number of hydrogen-bond donors (Lipinski definition) is 0. The number of fused-ring (bicyclic) bond motifs is 1. The van der Waals surface area contributed by atoms with Gasteiger partial charge in [0.1, 0.15) is 29.9 Å². The molecule has 0 spiro atoms. The predicted octanol–water partition coefficient (Wildman–Crippen LogP) is 7.21. The van der Waals surface area contributed by atoms with Crippen LogP contribution < -0.4 is 4.74 Å². The Morgan fingerprint density at radius 3 is 2.52 bits per heavy atom. The molecule has 0 atom stereocenters. The summed E-state index contributed by atoms with van der Waals surface area (Å²) < 4.78 is 23.8. The number of allylic oxidation sites excluding steroid dienone is 1. The molecule has 194 valence electrons. The summed E-state index contributed by atoms with van der Waals surface area (Å²) in [4.78, 5) is 4.72. The molecule has 4 aromatic carbocycles. The van der Waals surface area contributed by atoms with Gasteiger partial charge in [0.25, 0.3) is 0 Å². The lowest BCUT2D eigenvalue weighted by molar-refractivity contribution is 0.300. The van der Waals surface area contributed by atoms with E-state index in [4.69, 9.17) is 14.8 Å². The second kappa shape index (κ2) is 10.7. The lowest BCUT2D eigenvalue weighted by Crippen LogP contribution is -1.98. The monoisotopic (exact) mass is 525 g/mol. The molecular weight excluding hydrogens is 501 g/mol. The first-order valence-corrected chi connectivity index (χ1v) is 12.8. The summed E-state index contributed by atoms with van der Waals surface area (Å²) in [5.74, 6) is 0.851. The lowest BCUT2D eigenvalue weighted by atomic mass is 10.1. The van der Waals surface area contributed by atoms with Gasteiger partial charge in [-0.1, -0.05) is 60.7 Å². The van der Waals surface area contributed by atoms with Crippen molar-refractivity contribution in [1.29, 1.82) is 5.26 Å². The van der Waals surface area contributed by atoms with E-state index in [0.717, 1.165) is 27.8 Å². The number of aromatic nitrogens is 4. The number of rotatable bonds is 7. The second-order valence-electron chi connectivity index (χ2n) is 9.27. The van der Waals surface area contributed by atoms with E-state index in [9.17, 15) is 9.65 Å². The first-order chi connectivity index (χ1) is 19.6. The summed E-state index contributed by atoms with van der Waals surface area (Å²) in [5.41, 5.74) is 5.77. The van der Waals surface area contributed by atoms with E-state index >= 15 is 0 Å². The van der Waals surface area contributed by atoms with E-state index in [2.05, 4.69) is 6.07 Å². The average Bonchev–Trinajstić information content (AvgIpc) is 3.57. The van der Waals surface area contributed by atoms with Crippen LogP contribution in [0.3, 0.4) is 0 Å². The number of nitrogens with zero attached hydrogens (tertiary/aromatic N) is 5. The molecule has 2 heterocycles. The maximum Gasteiger partial charge on any atom is 0.151 e. The van der Waals surface area contributed by atoms with Crippen LogP contribution in [0.25, 0.3) is 39.6 Å². The van der Waals surface area contributed by atoms with E-state index in [-0.39, 0.29) is 12.4 Å². The van der Waals surface area contributed by atoms with Gasteiger partial charge >= 0.3 is 0 Å². The van der Waals surface area contributed by atoms with Crippen LogP contribution in [0, 0.1) is 17.1 Å². The van der Waals surface area contributed by atoms with Crippen LogP contribution in [-0.4, -0.2) is 19.3 Å². The van der Waals surface area contributed by atoms with Crippen LogP contribution in [0.5, 0.6) is 5.75 Å². The molecule has 0 radical (unpaired) electrons. The minimum atomic E-state index is -0.307. The number of benzene rings is 4. The topological polar surface area (TPSA) is 68.7 Å². The van der Waals surface area contributed by atoms with Gasteiger partial charge in [-0.2, -0.15) is 10.4 Å². The molecule has 40 heavy (non-hydrogen) atoms. The van der Waals surface area contributed by atoms with Gasteiger partial charge in [-0.3, -0.25) is 0 Å². The van der Waals surface area contributed by atoms with Crippen molar-refractivity contribution in [3.05, 3.63) is 132 Å². The van der Waals surface area contributed by atoms with Crippen molar-refractivity contribution >= 4 is 22.7 Å². The Morgan fingerprint density at radius 2 is 1.73 bits per heavy atom. The third-order valence-electron chi connectivity index (χ3n) is 6.67. The summed E-state index contributed by atoms with van der Waals surface area (Å²) in [5, 5.41) is 15.1. The molecule has 0 aliphatic heterocycles. The minimum absolute atomic E-state index is 0.104. The highest BCUT2D eigenvalue weighted by atomic mass is 19.1. The zero-order valence-corrected chi connectivity index (χ0v) is 21.7. The van der Waals surface area contributed by atoms with Crippen molar-refractivity contribution in [2.24, 2.45) is 7.05 Å². The number of para-hydroxylation sites is 3. The van der Waals surface area contributed by atoms with Gasteiger partial charge in [-0.05, 0) is 48.5 Å². The molecule has 0 amide bonds. The molecule has 2 aromatic heterocycles. The van der Waals surface area contributed by atoms with Crippen LogP contribution in [0.2, 0.25) is 0 Å². The molecule has 0 saturated heterocycles. The third kappa shape index (κ3) is 4.86. The summed E-state index contributed by atoms with van der Waals surface area (Å²) >= 11 is 0. The maximum absolute atomic E-state index is 14.1. The molecule has 0 unspecified atom stereocenters. The molecule has 0 bridgehead atoms. The van der Waals surface area contributed by atoms with Crippen molar-refractivity contribution in [1.82, 2.24) is 19.3 Å². The van der Waals surface area contributed by atoms with Gasteiger partial charge < -0.3 is 9.30 Å². The Balaban J connectivity index is 1.42. The Bertz CT molecular complexity index is 1900. The van der Waals surface area contributed by atoms with Gasteiger partial charge in [0.05, 0.1) is 22.3 Å². The number of imidazole rings is 1. The van der Waals surface area contributed by atoms with Crippen LogP contribution in [0.15, 0.2) is 109 Å². The number of hydrogen-bond acceptors (Lipinski definition) is 4. The van der Waals surface area contributed by atoms with Crippen molar-refractivity contribution in [2.45, 2.75) is 6.61 Å². The molecule has 0 aliphatic rings. The summed E-state index contributed by atoms with van der Waals surface area (Å²) in [6, 6.07) is 34.0. The first-order valence-electron chi connectivity index (χ1n) is 12.8. The summed E-state index contributed by atoms with van der Waals surface area (Å²) in [6.07, 6.45) is 3.72. The molecular formula is C33H24FN5O. The van der Waals surface area contributed by atoms with Gasteiger partial charge in [-0.15, -0.1) is 0 Å². The normalized spacial score (nSPS) is 11.5. The maximum atomic E-state index is 14.1. The predicted molar refractivity (Wildman–Crippen MR) is 154 cm³/mol. The number of nitriles is 1. The molecule has 6 aromatic rings. The number of ether oxygens (including phenoxy) is 1. The highest BCUT2D eigenvalue weighted by Crippen LogP contribution is 2.31. The highest BCUT2D eigenvalue weighted by molar-refractivity contribution is 5.93. The standard InChI is InChI=1S/C33H24FN5O/c1-38-31-17-8-7-16-30(31)36-33(38)25(20-35)18-26-21-39(27-12-3-2-4-13-27)37-32(26)23-11-9-14-28(19-23)40-22-24-10-5-6-15-29(24)34/h2-19,21H,22H2,1H3/b25-18-. The van der Waals surface area contributed by atoms with E-state index in [1.54, 1.807) is 22.9 Å². The number of halogens is 1. The zero-order chi connectivity index (χ0) is 27.5. The Labute approximate surface area is 230 Å². The fraction of sp³-hybridized carbons (Fsp3) is 0.0606. The smallest absolute Gasteiger partial charge is 0.151 e. The van der Waals surface area contributed by atoms with Crippen LogP contribution >= 0.6 is 0 Å². The molecule has 7 heteroatoms. The molecule has 0 N–H and O–H groups in total. The average molecular weight is 526 g/mol. The Kier molecular flexibility index (Phi) is 6.65. The Morgan fingerprint density at radius 1 is 0.950 bits per heavy atom. The third-order valence-corrected chi connectivity index (χ3v) is 6.67. The van der Waals surface area contributed by atoms with Gasteiger partial charge in [0.15, 0.2) is 5.82 Å². The quantitative estimate of drug-likeness (QED) is 0.207. The lowest BCUT2D eigenvalue weighted by Gasteiger charge is -2.09. The van der Waals surface area contributed by atoms with Crippen LogP contribution in [0.1, 0.15) is 17.0 Å². The highest BCUT2D eigenvalue weighted by Gasteiger charge is 2.17. The Hall–Kier alpha value is -5.48.